The van der Waals surface area contributed by atoms with Gasteiger partial charge in [0.05, 0.1) is 10.8 Å². The summed E-state index contributed by atoms with van der Waals surface area (Å²) in [5, 5.41) is 2.95. The van der Waals surface area contributed by atoms with Gasteiger partial charge in [-0.25, -0.2) is 9.37 Å². The van der Waals surface area contributed by atoms with Gasteiger partial charge in [0.2, 0.25) is 0 Å². The molecule has 1 aromatic heterocycles. The Morgan fingerprint density at radius 3 is 2.94 bits per heavy atom. The van der Waals surface area contributed by atoms with E-state index in [9.17, 15) is 9.18 Å². The lowest BCUT2D eigenvalue weighted by atomic mass is 10.2. The number of halogens is 3. The molecule has 0 amide bonds. The number of nitrogens with one attached hydrogen (secondary N) is 2. The molecule has 0 spiro atoms. The number of H-pyrrole nitrogens is 1. The molecule has 0 fully saturated rings. The molecule has 0 saturated heterocycles. The van der Waals surface area contributed by atoms with Gasteiger partial charge in [-0.3, -0.25) is 4.79 Å². The predicted molar refractivity (Wildman–Crippen MR) is 79.7 cm³/mol. The van der Waals surface area contributed by atoms with Gasteiger partial charge in [0.25, 0.3) is 5.56 Å². The fraction of sp³-hybridized carbons (Fsp3) is 0.0909. The fourth-order valence-corrected chi connectivity index (χ4v) is 2.27. The molecule has 0 bridgehead atoms. The molecule has 2 N–H and O–H groups in total. The van der Waals surface area contributed by atoms with Crippen molar-refractivity contribution >= 4 is 50.0 Å². The molecule has 1 aromatic carbocycles. The number of aryl methyl sites for hydroxylation is 1. The monoisotopic (exact) mass is 423 g/mol. The summed E-state index contributed by atoms with van der Waals surface area (Å²) in [6, 6.07) is 3.02. The number of anilines is 2. The molecule has 0 aliphatic carbocycles. The molecular weight excluding hydrogens is 416 g/mol. The first-order valence-electron chi connectivity index (χ1n) is 4.95. The van der Waals surface area contributed by atoms with E-state index in [1.807, 2.05) is 29.5 Å². The first-order valence-corrected chi connectivity index (χ1v) is 6.82. The largest absolute Gasteiger partial charge is 0.339 e. The summed E-state index contributed by atoms with van der Waals surface area (Å²) < 4.78 is 14.3. The van der Waals surface area contributed by atoms with Crippen LogP contribution in [0.25, 0.3) is 0 Å². The van der Waals surface area contributed by atoms with E-state index in [0.717, 1.165) is 5.56 Å². The molecule has 7 heteroatoms. The fourth-order valence-electron chi connectivity index (χ4n) is 1.38. The molecule has 1 heterocycles. The van der Waals surface area contributed by atoms with Crippen molar-refractivity contribution in [2.45, 2.75) is 6.92 Å². The molecule has 18 heavy (non-hydrogen) atoms. The molecule has 0 atom stereocenters. The minimum absolute atomic E-state index is 0.233. The molecule has 0 saturated carbocycles. The second kappa shape index (κ2) is 5.35. The molecule has 94 valence electrons. The Hall–Kier alpha value is -0.960. The van der Waals surface area contributed by atoms with E-state index in [1.54, 1.807) is 6.07 Å². The van der Waals surface area contributed by atoms with Crippen molar-refractivity contribution in [2.24, 2.45) is 0 Å². The molecular formula is C11H8BrFIN3O. The first kappa shape index (κ1) is 13.5. The Morgan fingerprint density at radius 2 is 2.22 bits per heavy atom. The number of benzene rings is 1. The number of nitrogens with zero attached hydrogens (tertiary/aromatic N) is 1. The van der Waals surface area contributed by atoms with Crippen molar-refractivity contribution in [3.05, 3.63) is 48.2 Å². The van der Waals surface area contributed by atoms with E-state index < -0.39 is 0 Å². The van der Waals surface area contributed by atoms with Crippen LogP contribution >= 0.6 is 38.5 Å². The highest BCUT2D eigenvalue weighted by Gasteiger charge is 2.09. The van der Waals surface area contributed by atoms with Crippen molar-refractivity contribution in [2.75, 3.05) is 5.32 Å². The predicted octanol–water partition coefficient (Wildman–Crippen LogP) is 3.33. The zero-order chi connectivity index (χ0) is 13.3. The number of aromatic amines is 1. The number of hydrogen-bond donors (Lipinski definition) is 2. The highest BCUT2D eigenvalue weighted by molar-refractivity contribution is 14.1. The lowest BCUT2D eigenvalue weighted by molar-refractivity contribution is 0.621. The second-order valence-corrected chi connectivity index (χ2v) is 5.53. The average molecular weight is 424 g/mol. The first-order chi connectivity index (χ1) is 8.49. The molecule has 0 aliphatic heterocycles. The third-order valence-electron chi connectivity index (χ3n) is 2.32. The molecule has 4 nitrogen and oxygen atoms in total. The molecule has 2 aromatic rings. The maximum Gasteiger partial charge on any atom is 0.266 e. The summed E-state index contributed by atoms with van der Waals surface area (Å²) in [4.78, 5) is 17.9. The lowest BCUT2D eigenvalue weighted by Gasteiger charge is -2.10. The van der Waals surface area contributed by atoms with Gasteiger partial charge >= 0.3 is 0 Å². The van der Waals surface area contributed by atoms with Crippen LogP contribution in [0.5, 0.6) is 0 Å². The van der Waals surface area contributed by atoms with E-state index in [-0.39, 0.29) is 11.4 Å². The van der Waals surface area contributed by atoms with Crippen LogP contribution in [-0.2, 0) is 0 Å². The summed E-state index contributed by atoms with van der Waals surface area (Å²) in [5.41, 5.74) is 1.19. The highest BCUT2D eigenvalue weighted by Crippen LogP contribution is 2.26. The summed E-state index contributed by atoms with van der Waals surface area (Å²) in [6.07, 6.45) is 1.30. The topological polar surface area (TPSA) is 57.8 Å². The third kappa shape index (κ3) is 2.72. The van der Waals surface area contributed by atoms with Crippen molar-refractivity contribution in [3.8, 4) is 0 Å². The minimum atomic E-state index is -0.372. The average Bonchev–Trinajstić information content (AvgIpc) is 2.32. The summed E-state index contributed by atoms with van der Waals surface area (Å²) >= 11 is 5.00. The third-order valence-corrected chi connectivity index (χ3v) is 3.93. The van der Waals surface area contributed by atoms with Crippen molar-refractivity contribution in [1.29, 1.82) is 0 Å². The van der Waals surface area contributed by atoms with Crippen molar-refractivity contribution in [1.82, 2.24) is 9.97 Å². The van der Waals surface area contributed by atoms with Crippen molar-refractivity contribution < 1.29 is 4.39 Å². The normalized spacial score (nSPS) is 10.4. The van der Waals surface area contributed by atoms with Crippen LogP contribution in [0.3, 0.4) is 0 Å². The van der Waals surface area contributed by atoms with E-state index in [4.69, 9.17) is 0 Å². The Morgan fingerprint density at radius 1 is 1.50 bits per heavy atom. The van der Waals surface area contributed by atoms with Gasteiger partial charge in [-0.05, 0) is 63.1 Å². The van der Waals surface area contributed by atoms with Gasteiger partial charge in [-0.2, -0.15) is 0 Å². The van der Waals surface area contributed by atoms with Gasteiger partial charge in [-0.15, -0.1) is 0 Å². The molecule has 2 rings (SSSR count). The maximum atomic E-state index is 13.5. The standard InChI is InChI=1S/C11H8BrFIN3O/c1-5-2-6(12)7(13)3-8(5)17-10-9(14)11(18)16-4-15-10/h2-4H,1H3,(H2,15,16,17,18). The van der Waals surface area contributed by atoms with Crippen LogP contribution < -0.4 is 10.9 Å². The Kier molecular flexibility index (Phi) is 4.00. The van der Waals surface area contributed by atoms with Gasteiger partial charge in [0.15, 0.2) is 5.82 Å². The number of aromatic nitrogens is 2. The van der Waals surface area contributed by atoms with Gasteiger partial charge < -0.3 is 10.3 Å². The van der Waals surface area contributed by atoms with Crippen LogP contribution in [0.4, 0.5) is 15.9 Å². The van der Waals surface area contributed by atoms with Gasteiger partial charge in [0.1, 0.15) is 9.39 Å². The number of rotatable bonds is 2. The number of hydrogen-bond acceptors (Lipinski definition) is 3. The summed E-state index contributed by atoms with van der Waals surface area (Å²) in [7, 11) is 0. The van der Waals surface area contributed by atoms with E-state index in [1.165, 1.54) is 12.4 Å². The van der Waals surface area contributed by atoms with E-state index in [0.29, 0.717) is 19.5 Å². The zero-order valence-corrected chi connectivity index (χ0v) is 13.0. The van der Waals surface area contributed by atoms with Crippen LogP contribution in [0, 0.1) is 16.3 Å². The van der Waals surface area contributed by atoms with Gasteiger partial charge in [0, 0.05) is 5.69 Å². The highest BCUT2D eigenvalue weighted by atomic mass is 127. The van der Waals surface area contributed by atoms with Crippen LogP contribution in [0.2, 0.25) is 0 Å². The van der Waals surface area contributed by atoms with Gasteiger partial charge in [-0.1, -0.05) is 0 Å². The van der Waals surface area contributed by atoms with E-state index in [2.05, 4.69) is 31.2 Å². The van der Waals surface area contributed by atoms with Crippen LogP contribution in [-0.4, -0.2) is 9.97 Å². The Balaban J connectivity index is 2.43. The maximum absolute atomic E-state index is 13.5. The van der Waals surface area contributed by atoms with Crippen LogP contribution in [0.1, 0.15) is 5.56 Å². The molecule has 0 unspecified atom stereocenters. The SMILES string of the molecule is Cc1cc(Br)c(F)cc1Nc1nc[nH]c(=O)c1I. The van der Waals surface area contributed by atoms with Crippen LogP contribution in [0.15, 0.2) is 27.7 Å². The zero-order valence-electron chi connectivity index (χ0n) is 9.22. The van der Waals surface area contributed by atoms with Crippen molar-refractivity contribution in [3.63, 3.8) is 0 Å². The quantitative estimate of drug-likeness (QED) is 0.728. The summed E-state index contributed by atoms with van der Waals surface area (Å²) in [6.45, 7) is 1.84. The Labute approximate surface area is 124 Å². The molecule has 0 aliphatic rings. The molecule has 0 radical (unpaired) electrons. The second-order valence-electron chi connectivity index (χ2n) is 3.60. The minimum Gasteiger partial charge on any atom is -0.339 e. The van der Waals surface area contributed by atoms with E-state index >= 15 is 0 Å². The lowest BCUT2D eigenvalue weighted by Crippen LogP contribution is -2.13. The smallest absolute Gasteiger partial charge is 0.266 e. The Bertz CT molecular complexity index is 659. The summed E-state index contributed by atoms with van der Waals surface area (Å²) in [5.74, 6) is 0.0344.